The highest BCUT2D eigenvalue weighted by molar-refractivity contribution is 6.30. The summed E-state index contributed by atoms with van der Waals surface area (Å²) in [7, 11) is 1.62. The van der Waals surface area contributed by atoms with Crippen LogP contribution in [0.3, 0.4) is 0 Å². The fraction of sp³-hybridized carbons (Fsp3) is 0.412. The zero-order chi connectivity index (χ0) is 16.9. The van der Waals surface area contributed by atoms with Crippen molar-refractivity contribution in [3.8, 4) is 11.5 Å². The first kappa shape index (κ1) is 16.6. The first-order valence-electron chi connectivity index (χ1n) is 7.91. The number of carbonyl (C=O) groups excluding carboxylic acids is 1. The normalized spacial score (nSPS) is 16.2. The van der Waals surface area contributed by atoms with Crippen molar-refractivity contribution >= 4 is 17.5 Å². The Hall–Kier alpha value is -2.21. The molecular formula is C17H20ClN3O3. The fourth-order valence-electron chi connectivity index (χ4n) is 2.71. The molecule has 0 bridgehead atoms. The molecule has 0 radical (unpaired) electrons. The van der Waals surface area contributed by atoms with Crippen LogP contribution in [0, 0.1) is 5.92 Å². The van der Waals surface area contributed by atoms with Gasteiger partial charge in [-0.1, -0.05) is 17.7 Å². The fourth-order valence-corrected chi connectivity index (χ4v) is 2.86. The van der Waals surface area contributed by atoms with Gasteiger partial charge in [-0.05, 0) is 24.5 Å². The van der Waals surface area contributed by atoms with Crippen LogP contribution in [0.1, 0.15) is 12.0 Å². The number of benzene rings is 1. The lowest BCUT2D eigenvalue weighted by atomic mass is 9.96. The number of ether oxygens (including phenoxy) is 2. The van der Waals surface area contributed by atoms with E-state index in [0.717, 1.165) is 30.0 Å². The van der Waals surface area contributed by atoms with Crippen LogP contribution in [0.15, 0.2) is 30.6 Å². The summed E-state index contributed by atoms with van der Waals surface area (Å²) in [5.41, 5.74) is 1.04. The van der Waals surface area contributed by atoms with Gasteiger partial charge in [0.05, 0.1) is 24.2 Å². The minimum Gasteiger partial charge on any atom is -0.497 e. The minimum absolute atomic E-state index is 0.0231. The molecule has 7 heteroatoms. The van der Waals surface area contributed by atoms with E-state index < -0.39 is 0 Å². The van der Waals surface area contributed by atoms with E-state index in [0.29, 0.717) is 24.6 Å². The van der Waals surface area contributed by atoms with Crippen LogP contribution in [0.2, 0.25) is 5.02 Å². The van der Waals surface area contributed by atoms with E-state index in [-0.39, 0.29) is 11.8 Å². The second-order valence-corrected chi connectivity index (χ2v) is 6.19. The summed E-state index contributed by atoms with van der Waals surface area (Å²) in [5.74, 6) is 1.42. The summed E-state index contributed by atoms with van der Waals surface area (Å²) in [6, 6.07) is 5.70. The molecule has 0 unspecified atom stereocenters. The molecule has 6 nitrogen and oxygen atoms in total. The molecule has 1 aromatic heterocycles. The van der Waals surface area contributed by atoms with E-state index >= 15 is 0 Å². The molecule has 0 fully saturated rings. The van der Waals surface area contributed by atoms with Crippen LogP contribution in [0.4, 0.5) is 0 Å². The average molecular weight is 350 g/mol. The molecule has 128 valence electrons. The number of nitrogens with one attached hydrogen (secondary N) is 1. The van der Waals surface area contributed by atoms with Crippen LogP contribution in [-0.2, 0) is 17.8 Å². The molecule has 1 atom stereocenters. The van der Waals surface area contributed by atoms with E-state index in [9.17, 15) is 4.79 Å². The van der Waals surface area contributed by atoms with Gasteiger partial charge >= 0.3 is 0 Å². The topological polar surface area (TPSA) is 65.4 Å². The standard InChI is InChI=1S/C17H20ClN3O3/c1-23-15-4-3-12-7-13(11-24-16(12)8-15)17(22)19-5-2-6-21-10-14(18)9-20-21/h3-4,8-10,13H,2,5-7,11H2,1H3,(H,19,22)/t13-/m0/s1. The highest BCUT2D eigenvalue weighted by Gasteiger charge is 2.26. The van der Waals surface area contributed by atoms with Gasteiger partial charge in [0.2, 0.25) is 5.91 Å². The van der Waals surface area contributed by atoms with Crippen molar-refractivity contribution in [1.82, 2.24) is 15.1 Å². The Labute approximate surface area is 145 Å². The number of aryl methyl sites for hydroxylation is 1. The average Bonchev–Trinajstić information content (AvgIpc) is 3.02. The summed E-state index contributed by atoms with van der Waals surface area (Å²) < 4.78 is 12.7. The third-order valence-corrected chi connectivity index (χ3v) is 4.21. The van der Waals surface area contributed by atoms with Crippen molar-refractivity contribution in [2.24, 2.45) is 5.92 Å². The smallest absolute Gasteiger partial charge is 0.226 e. The molecule has 1 aliphatic heterocycles. The summed E-state index contributed by atoms with van der Waals surface area (Å²) >= 11 is 5.81. The van der Waals surface area contributed by atoms with Crippen LogP contribution < -0.4 is 14.8 Å². The first-order chi connectivity index (χ1) is 11.7. The van der Waals surface area contributed by atoms with Crippen molar-refractivity contribution in [2.45, 2.75) is 19.4 Å². The zero-order valence-corrected chi connectivity index (χ0v) is 14.3. The number of amides is 1. The SMILES string of the molecule is COc1ccc2c(c1)OC[C@@H](C(=O)NCCCn1cc(Cl)cn1)C2. The van der Waals surface area contributed by atoms with E-state index in [2.05, 4.69) is 10.4 Å². The summed E-state index contributed by atoms with van der Waals surface area (Å²) in [4.78, 5) is 12.3. The van der Waals surface area contributed by atoms with Crippen LogP contribution in [0.25, 0.3) is 0 Å². The predicted molar refractivity (Wildman–Crippen MR) is 90.5 cm³/mol. The summed E-state index contributed by atoms with van der Waals surface area (Å²) in [6.45, 7) is 1.71. The number of fused-ring (bicyclic) bond motifs is 1. The molecule has 3 rings (SSSR count). The van der Waals surface area contributed by atoms with Gasteiger partial charge in [0.15, 0.2) is 0 Å². The second kappa shape index (κ2) is 7.57. The maximum atomic E-state index is 12.3. The molecule has 2 heterocycles. The Morgan fingerprint density at radius 2 is 2.42 bits per heavy atom. The van der Waals surface area contributed by atoms with E-state index in [1.807, 2.05) is 18.2 Å². The van der Waals surface area contributed by atoms with Gasteiger partial charge in [0.1, 0.15) is 18.1 Å². The highest BCUT2D eigenvalue weighted by Crippen LogP contribution is 2.31. The minimum atomic E-state index is -0.162. The monoisotopic (exact) mass is 349 g/mol. The van der Waals surface area contributed by atoms with Gasteiger partial charge in [-0.3, -0.25) is 9.48 Å². The maximum Gasteiger partial charge on any atom is 0.226 e. The Balaban J connectivity index is 1.45. The largest absolute Gasteiger partial charge is 0.497 e. The Bertz CT molecular complexity index is 717. The van der Waals surface area contributed by atoms with Gasteiger partial charge in [-0.25, -0.2) is 0 Å². The molecule has 1 aliphatic rings. The molecule has 0 saturated carbocycles. The molecule has 1 aromatic carbocycles. The highest BCUT2D eigenvalue weighted by atomic mass is 35.5. The van der Waals surface area contributed by atoms with Crippen LogP contribution >= 0.6 is 11.6 Å². The number of hydrogen-bond donors (Lipinski definition) is 1. The van der Waals surface area contributed by atoms with Gasteiger partial charge in [0, 0.05) is 25.4 Å². The van der Waals surface area contributed by atoms with E-state index in [1.165, 1.54) is 0 Å². The van der Waals surface area contributed by atoms with Gasteiger partial charge < -0.3 is 14.8 Å². The van der Waals surface area contributed by atoms with E-state index in [1.54, 1.807) is 24.2 Å². The van der Waals surface area contributed by atoms with Gasteiger partial charge in [-0.15, -0.1) is 0 Å². The maximum absolute atomic E-state index is 12.3. The molecule has 1 N–H and O–H groups in total. The quantitative estimate of drug-likeness (QED) is 0.813. The third-order valence-electron chi connectivity index (χ3n) is 4.02. The molecular weight excluding hydrogens is 330 g/mol. The number of nitrogens with zero attached hydrogens (tertiary/aromatic N) is 2. The number of methoxy groups -OCH3 is 1. The molecule has 1 amide bonds. The molecule has 0 aliphatic carbocycles. The molecule has 2 aromatic rings. The van der Waals surface area contributed by atoms with E-state index in [4.69, 9.17) is 21.1 Å². The van der Waals surface area contributed by atoms with Crippen molar-refractivity contribution in [3.05, 3.63) is 41.2 Å². The Morgan fingerprint density at radius 1 is 1.54 bits per heavy atom. The van der Waals surface area contributed by atoms with Crippen LogP contribution in [0.5, 0.6) is 11.5 Å². The Kier molecular flexibility index (Phi) is 5.25. The second-order valence-electron chi connectivity index (χ2n) is 5.75. The number of halogens is 1. The summed E-state index contributed by atoms with van der Waals surface area (Å²) in [5, 5.41) is 7.69. The van der Waals surface area contributed by atoms with Crippen molar-refractivity contribution in [2.75, 3.05) is 20.3 Å². The molecule has 0 spiro atoms. The van der Waals surface area contributed by atoms with Gasteiger partial charge in [-0.2, -0.15) is 5.10 Å². The number of carbonyl (C=O) groups is 1. The summed E-state index contributed by atoms with van der Waals surface area (Å²) in [6.07, 6.45) is 4.85. The number of hydrogen-bond acceptors (Lipinski definition) is 4. The number of rotatable bonds is 6. The van der Waals surface area contributed by atoms with Gasteiger partial charge in [0.25, 0.3) is 0 Å². The number of aromatic nitrogens is 2. The van der Waals surface area contributed by atoms with Crippen LogP contribution in [-0.4, -0.2) is 35.9 Å². The lowest BCUT2D eigenvalue weighted by Gasteiger charge is -2.25. The Morgan fingerprint density at radius 3 is 3.17 bits per heavy atom. The third kappa shape index (κ3) is 4.00. The zero-order valence-electron chi connectivity index (χ0n) is 13.5. The molecule has 24 heavy (non-hydrogen) atoms. The van der Waals surface area contributed by atoms with Crippen molar-refractivity contribution in [3.63, 3.8) is 0 Å². The lowest BCUT2D eigenvalue weighted by molar-refractivity contribution is -0.126. The first-order valence-corrected chi connectivity index (χ1v) is 8.29. The molecule has 0 saturated heterocycles. The van der Waals surface area contributed by atoms with Crippen molar-refractivity contribution in [1.29, 1.82) is 0 Å². The predicted octanol–water partition coefficient (Wildman–Crippen LogP) is 2.30. The lowest BCUT2D eigenvalue weighted by Crippen LogP contribution is -2.38. The van der Waals surface area contributed by atoms with Crippen molar-refractivity contribution < 1.29 is 14.3 Å².